The number of methoxy groups -OCH3 is 1. The molecule has 2 rings (SSSR count). The average Bonchev–Trinajstić information content (AvgIpc) is 2.97. The van der Waals surface area contributed by atoms with Gasteiger partial charge in [-0.1, -0.05) is 18.9 Å². The highest BCUT2D eigenvalue weighted by Gasteiger charge is 2.17. The summed E-state index contributed by atoms with van der Waals surface area (Å²) in [5.74, 6) is 0.0476. The second-order valence-corrected chi connectivity index (χ2v) is 4.97. The van der Waals surface area contributed by atoms with E-state index in [2.05, 4.69) is 15.4 Å². The zero-order valence-electron chi connectivity index (χ0n) is 12.1. The Kier molecular flexibility index (Phi) is 5.43. The fourth-order valence-electron chi connectivity index (χ4n) is 2.29. The molecule has 1 fully saturated rings. The molecule has 0 aliphatic heterocycles. The highest BCUT2D eigenvalue weighted by atomic mass is 16.6. The quantitative estimate of drug-likeness (QED) is 0.816. The molecular weight excluding hydrogens is 272 g/mol. The van der Waals surface area contributed by atoms with Gasteiger partial charge in [-0.3, -0.25) is 0 Å². The third kappa shape index (κ3) is 4.98. The third-order valence-corrected chi connectivity index (χ3v) is 3.37. The molecule has 0 heterocycles. The zero-order chi connectivity index (χ0) is 15.1. The van der Waals surface area contributed by atoms with Crippen LogP contribution in [-0.2, 0) is 9.53 Å². The summed E-state index contributed by atoms with van der Waals surface area (Å²) < 4.78 is 9.77. The molecular formula is C15H20N2O4. The van der Waals surface area contributed by atoms with E-state index in [0.717, 1.165) is 12.8 Å². The normalized spacial score (nSPS) is 14.5. The predicted octanol–water partition coefficient (Wildman–Crippen LogP) is 2.30. The van der Waals surface area contributed by atoms with Gasteiger partial charge in [0.2, 0.25) is 0 Å². The molecule has 1 aromatic rings. The van der Waals surface area contributed by atoms with E-state index in [0.29, 0.717) is 11.4 Å². The Hall–Kier alpha value is -2.24. The van der Waals surface area contributed by atoms with Crippen LogP contribution in [0.25, 0.3) is 0 Å². The van der Waals surface area contributed by atoms with Crippen molar-refractivity contribution in [3.05, 3.63) is 24.3 Å². The van der Waals surface area contributed by atoms with Gasteiger partial charge in [-0.15, -0.1) is 0 Å². The first-order valence-electron chi connectivity index (χ1n) is 7.04. The smallest absolute Gasteiger partial charge is 0.343 e. The molecule has 0 radical (unpaired) electrons. The topological polar surface area (TPSA) is 76.7 Å². The van der Waals surface area contributed by atoms with Gasteiger partial charge < -0.3 is 20.1 Å². The maximum atomic E-state index is 11.9. The first-order chi connectivity index (χ1) is 10.2. The number of ether oxygens (including phenoxy) is 2. The van der Waals surface area contributed by atoms with E-state index in [1.807, 2.05) is 0 Å². The molecule has 0 aromatic heterocycles. The van der Waals surface area contributed by atoms with Crippen LogP contribution in [0, 0.1) is 0 Å². The first kappa shape index (κ1) is 15.2. The summed E-state index contributed by atoms with van der Waals surface area (Å²) in [6.45, 7) is -0.159. The molecule has 1 aliphatic carbocycles. The fourth-order valence-corrected chi connectivity index (χ4v) is 2.29. The summed E-state index contributed by atoms with van der Waals surface area (Å²) in [4.78, 5) is 22.9. The van der Waals surface area contributed by atoms with Crippen molar-refractivity contribution >= 4 is 17.7 Å². The van der Waals surface area contributed by atoms with Crippen LogP contribution in [0.4, 0.5) is 10.5 Å². The molecule has 6 heteroatoms. The Labute approximate surface area is 123 Å². The summed E-state index contributed by atoms with van der Waals surface area (Å²) in [6, 6.07) is 6.94. The highest BCUT2D eigenvalue weighted by Crippen LogP contribution is 2.19. The van der Waals surface area contributed by atoms with Crippen LogP contribution < -0.4 is 15.4 Å². The Morgan fingerprint density at radius 3 is 2.76 bits per heavy atom. The van der Waals surface area contributed by atoms with Gasteiger partial charge >= 0.3 is 12.0 Å². The third-order valence-electron chi connectivity index (χ3n) is 3.37. The van der Waals surface area contributed by atoms with E-state index in [9.17, 15) is 9.59 Å². The van der Waals surface area contributed by atoms with Crippen molar-refractivity contribution in [3.63, 3.8) is 0 Å². The molecule has 0 spiro atoms. The summed E-state index contributed by atoms with van der Waals surface area (Å²) in [5.41, 5.74) is 0.618. The molecule has 1 aromatic carbocycles. The average molecular weight is 292 g/mol. The Morgan fingerprint density at radius 2 is 2.05 bits per heavy atom. The van der Waals surface area contributed by atoms with Gasteiger partial charge in [0, 0.05) is 17.8 Å². The van der Waals surface area contributed by atoms with Crippen molar-refractivity contribution in [1.82, 2.24) is 5.32 Å². The van der Waals surface area contributed by atoms with E-state index in [-0.39, 0.29) is 18.7 Å². The van der Waals surface area contributed by atoms with E-state index >= 15 is 0 Å². The van der Waals surface area contributed by atoms with Crippen molar-refractivity contribution in [1.29, 1.82) is 0 Å². The SMILES string of the molecule is COC(=O)COc1cccc(NC(=O)NC2CCCC2)c1. The molecule has 0 unspecified atom stereocenters. The lowest BCUT2D eigenvalue weighted by Gasteiger charge is -2.13. The van der Waals surface area contributed by atoms with Gasteiger partial charge in [0.25, 0.3) is 0 Å². The van der Waals surface area contributed by atoms with Gasteiger partial charge in [0.15, 0.2) is 6.61 Å². The summed E-state index contributed by atoms with van der Waals surface area (Å²) in [6.07, 6.45) is 4.41. The largest absolute Gasteiger partial charge is 0.482 e. The Morgan fingerprint density at radius 1 is 1.29 bits per heavy atom. The molecule has 2 amide bonds. The second kappa shape index (κ2) is 7.52. The molecule has 0 bridgehead atoms. The van der Waals surface area contributed by atoms with E-state index in [1.165, 1.54) is 20.0 Å². The molecule has 2 N–H and O–H groups in total. The van der Waals surface area contributed by atoms with Crippen LogP contribution in [0.2, 0.25) is 0 Å². The number of rotatable bonds is 5. The zero-order valence-corrected chi connectivity index (χ0v) is 12.1. The van der Waals surface area contributed by atoms with E-state index in [1.54, 1.807) is 24.3 Å². The maximum absolute atomic E-state index is 11.9. The lowest BCUT2D eigenvalue weighted by Crippen LogP contribution is -2.36. The maximum Gasteiger partial charge on any atom is 0.343 e. The van der Waals surface area contributed by atoms with Gasteiger partial charge in [0.05, 0.1) is 7.11 Å². The van der Waals surface area contributed by atoms with Crippen LogP contribution in [0.5, 0.6) is 5.75 Å². The number of hydrogen-bond acceptors (Lipinski definition) is 4. The van der Waals surface area contributed by atoms with Crippen molar-refractivity contribution < 1.29 is 19.1 Å². The molecule has 0 saturated heterocycles. The number of anilines is 1. The van der Waals surface area contributed by atoms with E-state index < -0.39 is 5.97 Å². The minimum atomic E-state index is -0.452. The van der Waals surface area contributed by atoms with Crippen molar-refractivity contribution in [2.75, 3.05) is 19.0 Å². The number of carbonyl (C=O) groups excluding carboxylic acids is 2. The second-order valence-electron chi connectivity index (χ2n) is 4.97. The lowest BCUT2D eigenvalue weighted by atomic mass is 10.2. The van der Waals surface area contributed by atoms with Gasteiger partial charge in [-0.05, 0) is 25.0 Å². The number of hydrogen-bond donors (Lipinski definition) is 2. The lowest BCUT2D eigenvalue weighted by molar-refractivity contribution is -0.142. The van der Waals surface area contributed by atoms with Crippen LogP contribution in [-0.4, -0.2) is 31.8 Å². The van der Waals surface area contributed by atoms with Crippen LogP contribution in [0.1, 0.15) is 25.7 Å². The number of urea groups is 1. The molecule has 21 heavy (non-hydrogen) atoms. The van der Waals surface area contributed by atoms with Crippen LogP contribution >= 0.6 is 0 Å². The van der Waals surface area contributed by atoms with Gasteiger partial charge in [-0.25, -0.2) is 9.59 Å². The summed E-state index contributed by atoms with van der Waals surface area (Å²) >= 11 is 0. The van der Waals surface area contributed by atoms with Crippen molar-refractivity contribution in [3.8, 4) is 5.75 Å². The predicted molar refractivity (Wildman–Crippen MR) is 78.4 cm³/mol. The summed E-state index contributed by atoms with van der Waals surface area (Å²) in [7, 11) is 1.30. The van der Waals surface area contributed by atoms with Crippen LogP contribution in [0.15, 0.2) is 24.3 Å². The number of nitrogens with one attached hydrogen (secondary N) is 2. The molecule has 1 saturated carbocycles. The minimum absolute atomic E-state index is 0.159. The fraction of sp³-hybridized carbons (Fsp3) is 0.467. The van der Waals surface area contributed by atoms with E-state index in [4.69, 9.17) is 4.74 Å². The number of esters is 1. The van der Waals surface area contributed by atoms with Crippen LogP contribution in [0.3, 0.4) is 0 Å². The number of benzene rings is 1. The number of amides is 2. The van der Waals surface area contributed by atoms with Crippen molar-refractivity contribution in [2.24, 2.45) is 0 Å². The molecule has 6 nitrogen and oxygen atoms in total. The Bertz CT molecular complexity index is 498. The van der Waals surface area contributed by atoms with Gasteiger partial charge in [0.1, 0.15) is 5.75 Å². The summed E-state index contributed by atoms with van der Waals surface area (Å²) in [5, 5.41) is 5.71. The monoisotopic (exact) mass is 292 g/mol. The standard InChI is InChI=1S/C15H20N2O4/c1-20-14(18)10-21-13-8-4-7-12(9-13)17-15(19)16-11-5-2-3-6-11/h4,7-9,11H,2-3,5-6,10H2,1H3,(H2,16,17,19). The number of carbonyl (C=O) groups is 2. The first-order valence-corrected chi connectivity index (χ1v) is 7.04. The highest BCUT2D eigenvalue weighted by molar-refractivity contribution is 5.89. The van der Waals surface area contributed by atoms with Crippen molar-refractivity contribution in [2.45, 2.75) is 31.7 Å². The molecule has 0 atom stereocenters. The Balaban J connectivity index is 1.84. The minimum Gasteiger partial charge on any atom is -0.482 e. The van der Waals surface area contributed by atoms with Gasteiger partial charge in [-0.2, -0.15) is 0 Å². The molecule has 114 valence electrons. The molecule has 1 aliphatic rings.